The first-order valence-corrected chi connectivity index (χ1v) is 6.31. The van der Waals surface area contributed by atoms with E-state index in [4.69, 9.17) is 4.74 Å². The van der Waals surface area contributed by atoms with Crippen LogP contribution in [0.15, 0.2) is 3.92 Å². The van der Waals surface area contributed by atoms with E-state index >= 15 is 0 Å². The molecule has 14 heavy (non-hydrogen) atoms. The molecule has 0 radical (unpaired) electrons. The number of nitrogens with zero attached hydrogens (tertiary/aromatic N) is 3. The van der Waals surface area contributed by atoms with Crippen LogP contribution in [-0.4, -0.2) is 35.5 Å². The summed E-state index contributed by atoms with van der Waals surface area (Å²) in [6.07, 6.45) is 3.22. The molecule has 0 saturated carbocycles. The van der Waals surface area contributed by atoms with Gasteiger partial charge in [-0.15, -0.1) is 10.2 Å². The van der Waals surface area contributed by atoms with Gasteiger partial charge in [-0.1, -0.05) is 11.3 Å². The van der Waals surface area contributed by atoms with Crippen molar-refractivity contribution in [3.63, 3.8) is 0 Å². The molecule has 2 aliphatic rings. The van der Waals surface area contributed by atoms with Crippen molar-refractivity contribution in [2.75, 3.05) is 18.0 Å². The van der Waals surface area contributed by atoms with E-state index in [1.54, 1.807) is 11.3 Å². The number of ether oxygens (including phenoxy) is 1. The summed E-state index contributed by atoms with van der Waals surface area (Å²) in [6, 6.07) is 0. The van der Waals surface area contributed by atoms with Crippen molar-refractivity contribution in [1.29, 1.82) is 0 Å². The van der Waals surface area contributed by atoms with E-state index in [-0.39, 0.29) is 0 Å². The molecule has 1 aromatic rings. The number of aromatic nitrogens is 2. The van der Waals surface area contributed by atoms with Gasteiger partial charge in [-0.3, -0.25) is 0 Å². The van der Waals surface area contributed by atoms with Crippen LogP contribution < -0.4 is 4.90 Å². The van der Waals surface area contributed by atoms with Crippen LogP contribution in [0.2, 0.25) is 0 Å². The van der Waals surface area contributed by atoms with E-state index in [0.717, 1.165) is 22.1 Å². The van der Waals surface area contributed by atoms with Gasteiger partial charge in [0.05, 0.1) is 12.2 Å². The topological polar surface area (TPSA) is 38.2 Å². The smallest absolute Gasteiger partial charge is 0.209 e. The lowest BCUT2D eigenvalue weighted by atomic mass is 10.2. The maximum atomic E-state index is 5.76. The Bertz CT molecular complexity index is 333. The SMILES string of the molecule is Brc1nnc(N2C[C@H]3CC[C@@H](C2)O3)s1. The Morgan fingerprint density at radius 1 is 1.29 bits per heavy atom. The Morgan fingerprint density at radius 3 is 2.57 bits per heavy atom. The van der Waals surface area contributed by atoms with Crippen molar-refractivity contribution in [1.82, 2.24) is 10.2 Å². The van der Waals surface area contributed by atoms with Gasteiger partial charge >= 0.3 is 0 Å². The highest BCUT2D eigenvalue weighted by molar-refractivity contribution is 9.11. The lowest BCUT2D eigenvalue weighted by Gasteiger charge is -2.31. The highest BCUT2D eigenvalue weighted by atomic mass is 79.9. The second-order valence-electron chi connectivity index (χ2n) is 3.70. The number of hydrogen-bond acceptors (Lipinski definition) is 5. The van der Waals surface area contributed by atoms with Crippen LogP contribution in [0.25, 0.3) is 0 Å². The second-order valence-corrected chi connectivity index (χ2v) is 5.93. The zero-order chi connectivity index (χ0) is 9.54. The van der Waals surface area contributed by atoms with Gasteiger partial charge in [-0.25, -0.2) is 0 Å². The summed E-state index contributed by atoms with van der Waals surface area (Å²) in [5.74, 6) is 0. The molecular formula is C8H10BrN3OS. The highest BCUT2D eigenvalue weighted by Gasteiger charge is 2.34. The second kappa shape index (κ2) is 3.43. The Morgan fingerprint density at radius 2 is 2.00 bits per heavy atom. The number of fused-ring (bicyclic) bond motifs is 2. The summed E-state index contributed by atoms with van der Waals surface area (Å²) in [7, 11) is 0. The molecule has 4 nitrogen and oxygen atoms in total. The minimum atomic E-state index is 0.413. The van der Waals surface area contributed by atoms with Crippen LogP contribution in [0.4, 0.5) is 5.13 Å². The zero-order valence-electron chi connectivity index (χ0n) is 7.52. The third-order valence-corrected chi connectivity index (χ3v) is 4.12. The Labute approximate surface area is 94.4 Å². The van der Waals surface area contributed by atoms with E-state index < -0.39 is 0 Å². The number of rotatable bonds is 1. The van der Waals surface area contributed by atoms with E-state index in [1.807, 2.05) is 0 Å². The molecular weight excluding hydrogens is 266 g/mol. The van der Waals surface area contributed by atoms with Crippen LogP contribution in [0, 0.1) is 0 Å². The number of anilines is 1. The van der Waals surface area contributed by atoms with Gasteiger partial charge in [-0.2, -0.15) is 0 Å². The first-order chi connectivity index (χ1) is 6.81. The number of hydrogen-bond donors (Lipinski definition) is 0. The zero-order valence-corrected chi connectivity index (χ0v) is 9.92. The van der Waals surface area contributed by atoms with E-state index in [1.165, 1.54) is 12.8 Å². The molecule has 2 bridgehead atoms. The molecule has 2 fully saturated rings. The summed E-state index contributed by atoms with van der Waals surface area (Å²) in [4.78, 5) is 2.29. The van der Waals surface area contributed by atoms with Crippen LogP contribution in [-0.2, 0) is 4.74 Å². The van der Waals surface area contributed by atoms with Crippen LogP contribution in [0.3, 0.4) is 0 Å². The van der Waals surface area contributed by atoms with E-state index in [2.05, 4.69) is 31.0 Å². The fraction of sp³-hybridized carbons (Fsp3) is 0.750. The lowest BCUT2D eigenvalue weighted by molar-refractivity contribution is 0.0304. The van der Waals surface area contributed by atoms with Crippen molar-refractivity contribution in [3.05, 3.63) is 3.92 Å². The average Bonchev–Trinajstić information content (AvgIpc) is 2.73. The highest BCUT2D eigenvalue weighted by Crippen LogP contribution is 2.31. The van der Waals surface area contributed by atoms with Gasteiger partial charge in [-0.05, 0) is 28.8 Å². The number of morpholine rings is 1. The van der Waals surface area contributed by atoms with Crippen molar-refractivity contribution in [3.8, 4) is 0 Å². The predicted molar refractivity (Wildman–Crippen MR) is 57.7 cm³/mol. The summed E-state index contributed by atoms with van der Waals surface area (Å²) < 4.78 is 6.61. The van der Waals surface area contributed by atoms with Gasteiger partial charge in [0.1, 0.15) is 0 Å². The standard InChI is InChI=1S/C8H10BrN3OS/c9-7-10-11-8(14-7)12-3-5-1-2-6(4-12)13-5/h5-6H,1-4H2/t5-,6+. The summed E-state index contributed by atoms with van der Waals surface area (Å²) in [5, 5.41) is 9.10. The van der Waals surface area contributed by atoms with Crippen molar-refractivity contribution >= 4 is 32.4 Å². The summed E-state index contributed by atoms with van der Waals surface area (Å²) in [6.45, 7) is 1.94. The molecule has 3 rings (SSSR count). The molecule has 2 atom stereocenters. The van der Waals surface area contributed by atoms with E-state index in [9.17, 15) is 0 Å². The molecule has 0 aliphatic carbocycles. The molecule has 6 heteroatoms. The molecule has 2 saturated heterocycles. The largest absolute Gasteiger partial charge is 0.371 e. The van der Waals surface area contributed by atoms with E-state index in [0.29, 0.717) is 12.2 Å². The summed E-state index contributed by atoms with van der Waals surface area (Å²) in [5.41, 5.74) is 0. The minimum absolute atomic E-state index is 0.413. The first kappa shape index (κ1) is 9.06. The van der Waals surface area contributed by atoms with Gasteiger partial charge in [0, 0.05) is 13.1 Å². The van der Waals surface area contributed by atoms with Gasteiger partial charge in [0.25, 0.3) is 0 Å². The average molecular weight is 276 g/mol. The Kier molecular flexibility index (Phi) is 2.22. The fourth-order valence-corrected chi connectivity index (χ4v) is 3.20. The third kappa shape index (κ3) is 1.55. The fourth-order valence-electron chi connectivity index (χ4n) is 2.10. The van der Waals surface area contributed by atoms with Gasteiger partial charge in [0.2, 0.25) is 5.13 Å². The quantitative estimate of drug-likeness (QED) is 0.782. The molecule has 2 aliphatic heterocycles. The molecule has 0 N–H and O–H groups in total. The molecule has 1 aromatic heterocycles. The van der Waals surface area contributed by atoms with Crippen molar-refractivity contribution < 1.29 is 4.74 Å². The first-order valence-electron chi connectivity index (χ1n) is 4.70. The number of halogens is 1. The normalized spacial score (nSPS) is 31.1. The minimum Gasteiger partial charge on any atom is -0.371 e. The van der Waals surface area contributed by atoms with Crippen molar-refractivity contribution in [2.24, 2.45) is 0 Å². The molecule has 3 heterocycles. The predicted octanol–water partition coefficient (Wildman–Crippen LogP) is 1.67. The van der Waals surface area contributed by atoms with Crippen LogP contribution in [0.1, 0.15) is 12.8 Å². The van der Waals surface area contributed by atoms with Crippen LogP contribution in [0.5, 0.6) is 0 Å². The monoisotopic (exact) mass is 275 g/mol. The molecule has 0 aromatic carbocycles. The molecule has 76 valence electrons. The van der Waals surface area contributed by atoms with Crippen LogP contribution >= 0.6 is 27.3 Å². The Hall–Kier alpha value is -0.200. The maximum absolute atomic E-state index is 5.76. The lowest BCUT2D eigenvalue weighted by Crippen LogP contribution is -2.42. The van der Waals surface area contributed by atoms with Gasteiger partial charge < -0.3 is 9.64 Å². The Balaban J connectivity index is 1.80. The molecule has 0 amide bonds. The maximum Gasteiger partial charge on any atom is 0.209 e. The molecule has 0 unspecified atom stereocenters. The molecule has 0 spiro atoms. The third-order valence-electron chi connectivity index (χ3n) is 2.70. The summed E-state index contributed by atoms with van der Waals surface area (Å²) >= 11 is 4.92. The van der Waals surface area contributed by atoms with Crippen molar-refractivity contribution in [2.45, 2.75) is 25.0 Å². The van der Waals surface area contributed by atoms with Gasteiger partial charge in [0.15, 0.2) is 3.92 Å².